The van der Waals surface area contributed by atoms with E-state index in [-0.39, 0.29) is 11.5 Å². The van der Waals surface area contributed by atoms with E-state index < -0.39 is 5.97 Å². The molecule has 2 N–H and O–H groups in total. The van der Waals surface area contributed by atoms with E-state index in [0.717, 1.165) is 25.1 Å². The number of aryl methyl sites for hydroxylation is 1. The van der Waals surface area contributed by atoms with Crippen LogP contribution in [0.3, 0.4) is 0 Å². The van der Waals surface area contributed by atoms with Gasteiger partial charge >= 0.3 is 5.97 Å². The Kier molecular flexibility index (Phi) is 5.53. The molecular formula is C25H24N2O3. The molecule has 0 spiro atoms. The Labute approximate surface area is 176 Å². The zero-order chi connectivity index (χ0) is 21.1. The number of anilines is 2. The van der Waals surface area contributed by atoms with E-state index in [4.69, 9.17) is 0 Å². The number of nitrogens with one attached hydrogen (secondary N) is 1. The molecule has 1 atom stereocenters. The van der Waals surface area contributed by atoms with E-state index >= 15 is 0 Å². The Morgan fingerprint density at radius 3 is 2.43 bits per heavy atom. The molecule has 3 aromatic rings. The molecule has 152 valence electrons. The fourth-order valence-electron chi connectivity index (χ4n) is 4.06. The van der Waals surface area contributed by atoms with Crippen LogP contribution in [-0.2, 0) is 0 Å². The Bertz CT molecular complexity index is 1080. The summed E-state index contributed by atoms with van der Waals surface area (Å²) in [7, 11) is 0. The number of amides is 1. The SMILES string of the molecule is Cc1ccccc1C(=O)Nc1ccc(N2CCC(c3ccccc3)C2)c(C(=O)O)c1. The van der Waals surface area contributed by atoms with E-state index in [1.54, 1.807) is 24.3 Å². The minimum Gasteiger partial charge on any atom is -0.478 e. The number of carbonyl (C=O) groups excluding carboxylic acids is 1. The minimum absolute atomic E-state index is 0.200. The van der Waals surface area contributed by atoms with Crippen molar-refractivity contribution in [3.05, 3.63) is 95.1 Å². The molecule has 1 saturated heterocycles. The summed E-state index contributed by atoms with van der Waals surface area (Å²) in [6.07, 6.45) is 0.981. The fraction of sp³-hybridized carbons (Fsp3) is 0.200. The summed E-state index contributed by atoms with van der Waals surface area (Å²) in [5.74, 6) is -0.865. The van der Waals surface area contributed by atoms with Gasteiger partial charge in [0, 0.05) is 30.3 Å². The van der Waals surface area contributed by atoms with Gasteiger partial charge in [0.15, 0.2) is 0 Å². The average molecular weight is 400 g/mol. The minimum atomic E-state index is -1.000. The molecule has 30 heavy (non-hydrogen) atoms. The monoisotopic (exact) mass is 400 g/mol. The number of rotatable bonds is 5. The van der Waals surface area contributed by atoms with Crippen LogP contribution < -0.4 is 10.2 Å². The van der Waals surface area contributed by atoms with E-state index in [1.165, 1.54) is 5.56 Å². The molecule has 1 unspecified atom stereocenters. The largest absolute Gasteiger partial charge is 0.478 e. The smallest absolute Gasteiger partial charge is 0.337 e. The Morgan fingerprint density at radius 1 is 0.967 bits per heavy atom. The van der Waals surface area contributed by atoms with Gasteiger partial charge < -0.3 is 15.3 Å². The van der Waals surface area contributed by atoms with Gasteiger partial charge in [-0.3, -0.25) is 4.79 Å². The number of hydrogen-bond donors (Lipinski definition) is 2. The molecule has 0 bridgehead atoms. The third-order valence-electron chi connectivity index (χ3n) is 5.67. The summed E-state index contributed by atoms with van der Waals surface area (Å²) in [6.45, 7) is 3.45. The van der Waals surface area contributed by atoms with Crippen LogP contribution in [0.25, 0.3) is 0 Å². The van der Waals surface area contributed by atoms with E-state index in [9.17, 15) is 14.7 Å². The van der Waals surface area contributed by atoms with Crippen LogP contribution in [-0.4, -0.2) is 30.1 Å². The Hall–Kier alpha value is -3.60. The standard InChI is InChI=1S/C25H24N2O3/c1-17-7-5-6-10-21(17)24(28)26-20-11-12-23(22(15-20)25(29)30)27-14-13-19(16-27)18-8-3-2-4-9-18/h2-12,15,19H,13-14,16H2,1H3,(H,26,28)(H,29,30). The van der Waals surface area contributed by atoms with E-state index in [2.05, 4.69) is 22.3 Å². The third kappa shape index (κ3) is 4.06. The first-order valence-corrected chi connectivity index (χ1v) is 10.1. The number of carboxylic acids is 1. The normalized spacial score (nSPS) is 15.8. The second-order valence-electron chi connectivity index (χ2n) is 7.65. The zero-order valence-corrected chi connectivity index (χ0v) is 16.8. The molecule has 0 radical (unpaired) electrons. The first-order chi connectivity index (χ1) is 14.5. The number of nitrogens with zero attached hydrogens (tertiary/aromatic N) is 1. The van der Waals surface area contributed by atoms with Gasteiger partial charge in [-0.1, -0.05) is 48.5 Å². The number of carboxylic acid groups (broad SMARTS) is 1. The highest BCUT2D eigenvalue weighted by molar-refractivity contribution is 6.06. The summed E-state index contributed by atoms with van der Waals surface area (Å²) < 4.78 is 0. The lowest BCUT2D eigenvalue weighted by Gasteiger charge is -2.22. The quantitative estimate of drug-likeness (QED) is 0.636. The number of benzene rings is 3. The fourth-order valence-corrected chi connectivity index (χ4v) is 4.06. The first-order valence-electron chi connectivity index (χ1n) is 10.1. The molecule has 5 nitrogen and oxygen atoms in total. The van der Waals surface area contributed by atoms with Crippen molar-refractivity contribution in [3.8, 4) is 0 Å². The van der Waals surface area contributed by atoms with Crippen molar-refractivity contribution in [2.75, 3.05) is 23.3 Å². The van der Waals surface area contributed by atoms with Gasteiger partial charge in [-0.2, -0.15) is 0 Å². The zero-order valence-electron chi connectivity index (χ0n) is 16.8. The predicted octanol–water partition coefficient (Wildman–Crippen LogP) is 4.94. The third-order valence-corrected chi connectivity index (χ3v) is 5.67. The molecule has 0 saturated carbocycles. The maximum absolute atomic E-state index is 12.6. The lowest BCUT2D eigenvalue weighted by atomic mass is 9.99. The lowest BCUT2D eigenvalue weighted by molar-refractivity contribution is 0.0697. The van der Waals surface area contributed by atoms with Crippen molar-refractivity contribution < 1.29 is 14.7 Å². The summed E-state index contributed by atoms with van der Waals surface area (Å²) >= 11 is 0. The van der Waals surface area contributed by atoms with Crippen LogP contribution in [0.4, 0.5) is 11.4 Å². The molecule has 1 aliphatic rings. The van der Waals surface area contributed by atoms with Crippen LogP contribution in [0.15, 0.2) is 72.8 Å². The molecule has 1 amide bonds. The van der Waals surface area contributed by atoms with Crippen LogP contribution in [0, 0.1) is 6.92 Å². The molecule has 0 aliphatic carbocycles. The van der Waals surface area contributed by atoms with Crippen LogP contribution in [0.2, 0.25) is 0 Å². The maximum atomic E-state index is 12.6. The van der Waals surface area contributed by atoms with Gasteiger partial charge in [-0.05, 0) is 48.7 Å². The van der Waals surface area contributed by atoms with Crippen molar-refractivity contribution in [1.29, 1.82) is 0 Å². The van der Waals surface area contributed by atoms with Crippen molar-refractivity contribution in [2.45, 2.75) is 19.3 Å². The van der Waals surface area contributed by atoms with Crippen molar-refractivity contribution in [1.82, 2.24) is 0 Å². The molecule has 1 heterocycles. The first kappa shape index (κ1) is 19.7. The highest BCUT2D eigenvalue weighted by Gasteiger charge is 2.27. The summed E-state index contributed by atoms with van der Waals surface area (Å²) in [5.41, 5.74) is 4.08. The van der Waals surface area contributed by atoms with Gasteiger partial charge in [0.2, 0.25) is 0 Å². The molecule has 0 aromatic heterocycles. The average Bonchev–Trinajstić information content (AvgIpc) is 3.24. The van der Waals surface area contributed by atoms with Crippen LogP contribution in [0.1, 0.15) is 44.2 Å². The Morgan fingerprint density at radius 2 is 1.70 bits per heavy atom. The number of carbonyl (C=O) groups is 2. The van der Waals surface area contributed by atoms with Gasteiger partial charge in [0.1, 0.15) is 0 Å². The topological polar surface area (TPSA) is 69.6 Å². The summed E-state index contributed by atoms with van der Waals surface area (Å²) in [5, 5.41) is 12.6. The summed E-state index contributed by atoms with van der Waals surface area (Å²) in [4.78, 5) is 26.7. The second kappa shape index (κ2) is 8.41. The van der Waals surface area contributed by atoms with Gasteiger partial charge in [0.25, 0.3) is 5.91 Å². The maximum Gasteiger partial charge on any atom is 0.337 e. The van der Waals surface area contributed by atoms with E-state index in [0.29, 0.717) is 22.9 Å². The molecular weight excluding hydrogens is 376 g/mol. The van der Waals surface area contributed by atoms with Crippen molar-refractivity contribution in [2.24, 2.45) is 0 Å². The number of hydrogen-bond acceptors (Lipinski definition) is 3. The number of aromatic carboxylic acids is 1. The molecule has 1 aliphatic heterocycles. The lowest BCUT2D eigenvalue weighted by Crippen LogP contribution is -2.22. The van der Waals surface area contributed by atoms with Crippen LogP contribution in [0.5, 0.6) is 0 Å². The molecule has 3 aromatic carbocycles. The van der Waals surface area contributed by atoms with Crippen molar-refractivity contribution in [3.63, 3.8) is 0 Å². The van der Waals surface area contributed by atoms with Gasteiger partial charge in [0.05, 0.1) is 11.3 Å². The summed E-state index contributed by atoms with van der Waals surface area (Å²) in [6, 6.07) is 22.7. The highest BCUT2D eigenvalue weighted by atomic mass is 16.4. The van der Waals surface area contributed by atoms with Crippen LogP contribution >= 0.6 is 0 Å². The van der Waals surface area contributed by atoms with Gasteiger partial charge in [-0.15, -0.1) is 0 Å². The molecule has 1 fully saturated rings. The predicted molar refractivity (Wildman–Crippen MR) is 119 cm³/mol. The molecule has 4 rings (SSSR count). The second-order valence-corrected chi connectivity index (χ2v) is 7.65. The molecule has 5 heteroatoms. The highest BCUT2D eigenvalue weighted by Crippen LogP contribution is 2.33. The van der Waals surface area contributed by atoms with Crippen molar-refractivity contribution >= 4 is 23.3 Å². The van der Waals surface area contributed by atoms with Gasteiger partial charge in [-0.25, -0.2) is 4.79 Å². The Balaban J connectivity index is 1.55. The van der Waals surface area contributed by atoms with E-state index in [1.807, 2.05) is 43.3 Å².